The van der Waals surface area contributed by atoms with Crippen LogP contribution in [0.25, 0.3) is 0 Å². The van der Waals surface area contributed by atoms with E-state index in [0.29, 0.717) is 6.54 Å². The summed E-state index contributed by atoms with van der Waals surface area (Å²) in [5.41, 5.74) is -0.744. The number of nitrogens with one attached hydrogen (secondary N) is 1. The number of aliphatic hydroxyl groups is 1. The summed E-state index contributed by atoms with van der Waals surface area (Å²) in [6, 6.07) is 1.99. The molecule has 1 aromatic heterocycles. The number of rotatable bonds is 7. The Kier molecular flexibility index (Phi) is 6.06. The number of unbranched alkanes of at least 4 members (excludes halogenated alkanes) is 1. The number of alkyl halides is 3. The second-order valence-electron chi connectivity index (χ2n) is 4.41. The van der Waals surface area contributed by atoms with E-state index in [0.717, 1.165) is 25.0 Å². The zero-order chi connectivity index (χ0) is 15.2. The molecule has 0 bridgehead atoms. The Labute approximate surface area is 116 Å². The SMILES string of the molecule is CCCCN(CCO)c1cc(C(F)(F)F)cc(NC)n1. The van der Waals surface area contributed by atoms with Crippen LogP contribution in [0.15, 0.2) is 12.1 Å². The minimum atomic E-state index is -4.42. The number of halogens is 3. The second kappa shape index (κ2) is 7.33. The number of hydrogen-bond acceptors (Lipinski definition) is 4. The third kappa shape index (κ3) is 4.56. The smallest absolute Gasteiger partial charge is 0.395 e. The van der Waals surface area contributed by atoms with Gasteiger partial charge >= 0.3 is 6.18 Å². The van der Waals surface area contributed by atoms with Crippen molar-refractivity contribution in [3.05, 3.63) is 17.7 Å². The van der Waals surface area contributed by atoms with Crippen LogP contribution in [0.5, 0.6) is 0 Å². The number of anilines is 2. The van der Waals surface area contributed by atoms with Gasteiger partial charge in [-0.2, -0.15) is 13.2 Å². The third-order valence-corrected chi connectivity index (χ3v) is 2.87. The topological polar surface area (TPSA) is 48.4 Å². The van der Waals surface area contributed by atoms with E-state index in [1.165, 1.54) is 7.05 Å². The summed E-state index contributed by atoms with van der Waals surface area (Å²) < 4.78 is 38.6. The van der Waals surface area contributed by atoms with E-state index in [2.05, 4.69) is 10.3 Å². The third-order valence-electron chi connectivity index (χ3n) is 2.87. The minimum Gasteiger partial charge on any atom is -0.395 e. The van der Waals surface area contributed by atoms with Crippen LogP contribution in [0.2, 0.25) is 0 Å². The zero-order valence-corrected chi connectivity index (χ0v) is 11.7. The molecule has 0 aromatic carbocycles. The van der Waals surface area contributed by atoms with Crippen LogP contribution in [-0.2, 0) is 6.18 Å². The van der Waals surface area contributed by atoms with Gasteiger partial charge in [0, 0.05) is 20.1 Å². The van der Waals surface area contributed by atoms with Crippen molar-refractivity contribution in [1.29, 1.82) is 0 Å². The fraction of sp³-hybridized carbons (Fsp3) is 0.615. The molecular weight excluding hydrogens is 271 g/mol. The predicted octanol–water partition coefficient (Wildman–Crippen LogP) is 2.74. The molecule has 20 heavy (non-hydrogen) atoms. The summed E-state index contributed by atoms with van der Waals surface area (Å²) in [5.74, 6) is 0.390. The molecule has 0 saturated heterocycles. The van der Waals surface area contributed by atoms with Crippen LogP contribution in [0.4, 0.5) is 24.8 Å². The molecule has 2 N–H and O–H groups in total. The molecule has 1 aromatic rings. The van der Waals surface area contributed by atoms with Gasteiger partial charge in [-0.1, -0.05) is 13.3 Å². The van der Waals surface area contributed by atoms with E-state index in [4.69, 9.17) is 5.11 Å². The maximum absolute atomic E-state index is 12.9. The van der Waals surface area contributed by atoms with Crippen LogP contribution in [0.3, 0.4) is 0 Å². The lowest BCUT2D eigenvalue weighted by atomic mass is 10.2. The average Bonchev–Trinajstić information content (AvgIpc) is 2.42. The lowest BCUT2D eigenvalue weighted by molar-refractivity contribution is -0.137. The van der Waals surface area contributed by atoms with Gasteiger partial charge in [0.15, 0.2) is 0 Å². The Hall–Kier alpha value is -1.50. The first-order valence-electron chi connectivity index (χ1n) is 6.55. The summed E-state index contributed by atoms with van der Waals surface area (Å²) in [5, 5.41) is 11.7. The van der Waals surface area contributed by atoms with Crippen LogP contribution in [-0.4, -0.2) is 36.8 Å². The van der Waals surface area contributed by atoms with Crippen LogP contribution in [0.1, 0.15) is 25.3 Å². The Morgan fingerprint density at radius 2 is 2.00 bits per heavy atom. The quantitative estimate of drug-likeness (QED) is 0.811. The highest BCUT2D eigenvalue weighted by Gasteiger charge is 2.32. The molecule has 0 saturated carbocycles. The molecule has 0 aliphatic carbocycles. The van der Waals surface area contributed by atoms with Crippen molar-refractivity contribution >= 4 is 11.6 Å². The monoisotopic (exact) mass is 291 g/mol. The highest BCUT2D eigenvalue weighted by atomic mass is 19.4. The maximum Gasteiger partial charge on any atom is 0.416 e. The largest absolute Gasteiger partial charge is 0.416 e. The summed E-state index contributed by atoms with van der Waals surface area (Å²) in [7, 11) is 1.52. The van der Waals surface area contributed by atoms with Crippen molar-refractivity contribution in [2.24, 2.45) is 0 Å². The van der Waals surface area contributed by atoms with E-state index >= 15 is 0 Å². The van der Waals surface area contributed by atoms with E-state index in [1.807, 2.05) is 6.92 Å². The maximum atomic E-state index is 12.9. The summed E-state index contributed by atoms with van der Waals surface area (Å²) in [6.07, 6.45) is -2.68. The van der Waals surface area contributed by atoms with Crippen LogP contribution < -0.4 is 10.2 Å². The van der Waals surface area contributed by atoms with Gasteiger partial charge in [0.2, 0.25) is 0 Å². The highest BCUT2D eigenvalue weighted by molar-refractivity contribution is 5.51. The summed E-state index contributed by atoms with van der Waals surface area (Å²) >= 11 is 0. The number of hydrogen-bond donors (Lipinski definition) is 2. The Balaban J connectivity index is 3.12. The lowest BCUT2D eigenvalue weighted by Gasteiger charge is -2.24. The molecule has 0 radical (unpaired) electrons. The van der Waals surface area contributed by atoms with Crippen LogP contribution >= 0.6 is 0 Å². The summed E-state index contributed by atoms with van der Waals surface area (Å²) in [4.78, 5) is 5.81. The molecule has 0 atom stereocenters. The van der Waals surface area contributed by atoms with E-state index in [1.54, 1.807) is 4.90 Å². The van der Waals surface area contributed by atoms with Crippen molar-refractivity contribution in [2.75, 3.05) is 37.0 Å². The van der Waals surface area contributed by atoms with Gasteiger partial charge in [-0.15, -0.1) is 0 Å². The predicted molar refractivity (Wildman–Crippen MR) is 73.0 cm³/mol. The van der Waals surface area contributed by atoms with Gasteiger partial charge in [-0.25, -0.2) is 4.98 Å². The molecule has 0 unspecified atom stereocenters. The molecule has 0 fully saturated rings. The first-order valence-corrected chi connectivity index (χ1v) is 6.55. The van der Waals surface area contributed by atoms with E-state index in [-0.39, 0.29) is 24.8 Å². The molecular formula is C13H20F3N3O. The number of aliphatic hydroxyl groups excluding tert-OH is 1. The number of aromatic nitrogens is 1. The Bertz CT molecular complexity index is 424. The summed E-state index contributed by atoms with van der Waals surface area (Å²) in [6.45, 7) is 2.69. The fourth-order valence-corrected chi connectivity index (χ4v) is 1.78. The van der Waals surface area contributed by atoms with Crippen molar-refractivity contribution in [3.8, 4) is 0 Å². The molecule has 0 aliphatic heterocycles. The Morgan fingerprint density at radius 3 is 2.50 bits per heavy atom. The molecule has 7 heteroatoms. The fourth-order valence-electron chi connectivity index (χ4n) is 1.78. The van der Waals surface area contributed by atoms with Crippen molar-refractivity contribution in [3.63, 3.8) is 0 Å². The van der Waals surface area contributed by atoms with Crippen molar-refractivity contribution in [2.45, 2.75) is 25.9 Å². The standard InChI is InChI=1S/C13H20F3N3O/c1-3-4-5-19(6-7-20)12-9-10(13(14,15)16)8-11(17-2)18-12/h8-9,20H,3-7H2,1-2H3,(H,17,18). The lowest BCUT2D eigenvalue weighted by Crippen LogP contribution is -2.29. The van der Waals surface area contributed by atoms with Gasteiger partial charge in [0.1, 0.15) is 11.6 Å². The minimum absolute atomic E-state index is 0.128. The first kappa shape index (κ1) is 16.6. The van der Waals surface area contributed by atoms with Crippen molar-refractivity contribution < 1.29 is 18.3 Å². The normalized spacial score (nSPS) is 11.5. The van der Waals surface area contributed by atoms with E-state index < -0.39 is 11.7 Å². The first-order chi connectivity index (χ1) is 9.42. The average molecular weight is 291 g/mol. The molecule has 0 spiro atoms. The molecule has 0 amide bonds. The highest BCUT2D eigenvalue weighted by Crippen LogP contribution is 2.32. The Morgan fingerprint density at radius 1 is 1.30 bits per heavy atom. The van der Waals surface area contributed by atoms with Gasteiger partial charge in [0.25, 0.3) is 0 Å². The van der Waals surface area contributed by atoms with E-state index in [9.17, 15) is 13.2 Å². The van der Waals surface area contributed by atoms with Gasteiger partial charge in [-0.05, 0) is 18.6 Å². The van der Waals surface area contributed by atoms with Gasteiger partial charge < -0.3 is 15.3 Å². The second-order valence-corrected chi connectivity index (χ2v) is 4.41. The van der Waals surface area contributed by atoms with Gasteiger partial charge in [-0.3, -0.25) is 0 Å². The zero-order valence-electron chi connectivity index (χ0n) is 11.7. The molecule has 1 heterocycles. The van der Waals surface area contributed by atoms with Crippen molar-refractivity contribution in [1.82, 2.24) is 4.98 Å². The number of nitrogens with zero attached hydrogens (tertiary/aromatic N) is 2. The van der Waals surface area contributed by atoms with Gasteiger partial charge in [0.05, 0.1) is 12.2 Å². The molecule has 4 nitrogen and oxygen atoms in total. The molecule has 0 aliphatic rings. The number of pyridine rings is 1. The molecule has 1 rings (SSSR count). The van der Waals surface area contributed by atoms with Crippen LogP contribution in [0, 0.1) is 0 Å². The molecule has 114 valence electrons.